The molecule has 144 valence electrons. The minimum atomic E-state index is -0.528. The highest BCUT2D eigenvalue weighted by atomic mass is 16.6. The molecule has 27 heavy (non-hydrogen) atoms. The maximum atomic E-state index is 12.2. The van der Waals surface area contributed by atoms with Crippen LogP contribution in [0.25, 0.3) is 16.6 Å². The molecule has 1 amide bonds. The predicted molar refractivity (Wildman–Crippen MR) is 100 cm³/mol. The third-order valence-electron chi connectivity index (χ3n) is 4.13. The summed E-state index contributed by atoms with van der Waals surface area (Å²) < 4.78 is 10.5. The van der Waals surface area contributed by atoms with E-state index in [2.05, 4.69) is 15.0 Å². The molecule has 0 atom stereocenters. The van der Waals surface area contributed by atoms with Gasteiger partial charge in [0.1, 0.15) is 17.6 Å². The van der Waals surface area contributed by atoms with Gasteiger partial charge in [0.2, 0.25) is 0 Å². The molecule has 2 aromatic heterocycles. The van der Waals surface area contributed by atoms with E-state index in [-0.39, 0.29) is 6.09 Å². The number of aromatic nitrogens is 3. The monoisotopic (exact) mass is 372 g/mol. The van der Waals surface area contributed by atoms with E-state index in [0.717, 1.165) is 5.57 Å². The zero-order valence-electron chi connectivity index (χ0n) is 16.0. The zero-order valence-corrected chi connectivity index (χ0v) is 16.0. The Morgan fingerprint density at radius 1 is 1.30 bits per heavy atom. The number of nitrogens with one attached hydrogen (secondary N) is 1. The average molecular weight is 372 g/mol. The van der Waals surface area contributed by atoms with Crippen LogP contribution >= 0.6 is 0 Å². The molecule has 0 spiro atoms. The van der Waals surface area contributed by atoms with Gasteiger partial charge in [-0.2, -0.15) is 0 Å². The van der Waals surface area contributed by atoms with E-state index < -0.39 is 11.6 Å². The topological polar surface area (TPSA) is 97.4 Å². The maximum absolute atomic E-state index is 12.2. The number of nitrogens with zero attached hydrogens (tertiary/aromatic N) is 3. The highest BCUT2D eigenvalue weighted by molar-refractivity contribution is 6.06. The third-order valence-corrected chi connectivity index (χ3v) is 4.13. The number of aromatic amines is 1. The number of rotatable bonds is 3. The van der Waals surface area contributed by atoms with Gasteiger partial charge >= 0.3 is 12.1 Å². The van der Waals surface area contributed by atoms with Gasteiger partial charge in [0.15, 0.2) is 0 Å². The fourth-order valence-corrected chi connectivity index (χ4v) is 2.95. The number of fused-ring (bicyclic) bond motifs is 1. The van der Waals surface area contributed by atoms with E-state index in [1.54, 1.807) is 18.0 Å². The van der Waals surface area contributed by atoms with Crippen molar-refractivity contribution in [1.29, 1.82) is 0 Å². The highest BCUT2D eigenvalue weighted by Gasteiger charge is 2.26. The first-order valence-electron chi connectivity index (χ1n) is 8.96. The van der Waals surface area contributed by atoms with E-state index in [0.29, 0.717) is 48.4 Å². The van der Waals surface area contributed by atoms with Crippen LogP contribution in [0.2, 0.25) is 0 Å². The Bertz CT molecular complexity index is 895. The minimum Gasteiger partial charge on any atom is -0.462 e. The summed E-state index contributed by atoms with van der Waals surface area (Å²) in [5.41, 5.74) is 2.12. The molecule has 0 radical (unpaired) electrons. The fourth-order valence-electron chi connectivity index (χ4n) is 2.95. The molecule has 0 saturated carbocycles. The van der Waals surface area contributed by atoms with Gasteiger partial charge in [-0.3, -0.25) is 0 Å². The quantitative estimate of drug-likeness (QED) is 0.831. The van der Waals surface area contributed by atoms with Crippen LogP contribution in [0.1, 0.15) is 50.2 Å². The van der Waals surface area contributed by atoms with E-state index in [1.807, 2.05) is 26.8 Å². The molecule has 3 heterocycles. The second-order valence-corrected chi connectivity index (χ2v) is 7.27. The Balaban J connectivity index is 1.87. The summed E-state index contributed by atoms with van der Waals surface area (Å²) in [6.45, 7) is 8.53. The molecule has 0 aromatic carbocycles. The number of H-pyrrole nitrogens is 1. The summed E-state index contributed by atoms with van der Waals surface area (Å²) in [4.78, 5) is 37.7. The van der Waals surface area contributed by atoms with Crippen LogP contribution in [0.3, 0.4) is 0 Å². The Kier molecular flexibility index (Phi) is 5.16. The third kappa shape index (κ3) is 4.10. The fraction of sp³-hybridized carbons (Fsp3) is 0.474. The maximum Gasteiger partial charge on any atom is 0.410 e. The Labute approximate surface area is 157 Å². The van der Waals surface area contributed by atoms with Crippen LogP contribution in [0.4, 0.5) is 4.79 Å². The van der Waals surface area contributed by atoms with Crippen LogP contribution in [-0.2, 0) is 9.47 Å². The van der Waals surface area contributed by atoms with Crippen LogP contribution in [0, 0.1) is 0 Å². The summed E-state index contributed by atoms with van der Waals surface area (Å²) in [6.07, 6.45) is 5.27. The molecule has 0 bridgehead atoms. The Morgan fingerprint density at radius 2 is 2.07 bits per heavy atom. The van der Waals surface area contributed by atoms with E-state index in [4.69, 9.17) is 9.47 Å². The van der Waals surface area contributed by atoms with Crippen molar-refractivity contribution in [2.45, 2.75) is 39.7 Å². The van der Waals surface area contributed by atoms with Gasteiger partial charge in [-0.25, -0.2) is 19.6 Å². The van der Waals surface area contributed by atoms with E-state index in [9.17, 15) is 9.59 Å². The number of carbonyl (C=O) groups excluding carboxylic acids is 2. The van der Waals surface area contributed by atoms with Crippen molar-refractivity contribution in [3.05, 3.63) is 29.9 Å². The van der Waals surface area contributed by atoms with Gasteiger partial charge < -0.3 is 19.4 Å². The molecular formula is C19H24N4O4. The van der Waals surface area contributed by atoms with Gasteiger partial charge in [-0.1, -0.05) is 6.08 Å². The first-order chi connectivity index (χ1) is 12.8. The summed E-state index contributed by atoms with van der Waals surface area (Å²) in [6, 6.07) is 0. The van der Waals surface area contributed by atoms with Gasteiger partial charge in [0, 0.05) is 19.3 Å². The smallest absolute Gasteiger partial charge is 0.410 e. The van der Waals surface area contributed by atoms with Crippen molar-refractivity contribution >= 4 is 28.7 Å². The van der Waals surface area contributed by atoms with Gasteiger partial charge in [-0.05, 0) is 39.7 Å². The van der Waals surface area contributed by atoms with Crippen LogP contribution < -0.4 is 0 Å². The largest absolute Gasteiger partial charge is 0.462 e. The minimum absolute atomic E-state index is 0.294. The summed E-state index contributed by atoms with van der Waals surface area (Å²) in [5.74, 6) is -0.411. The number of hydrogen-bond donors (Lipinski definition) is 1. The van der Waals surface area contributed by atoms with Crippen molar-refractivity contribution in [2.24, 2.45) is 0 Å². The van der Waals surface area contributed by atoms with E-state index >= 15 is 0 Å². The molecule has 0 aliphatic carbocycles. The van der Waals surface area contributed by atoms with Crippen molar-refractivity contribution in [1.82, 2.24) is 19.9 Å². The van der Waals surface area contributed by atoms with E-state index in [1.165, 1.54) is 6.33 Å². The highest BCUT2D eigenvalue weighted by Crippen LogP contribution is 2.29. The standard InChI is InChI=1S/C19H24N4O4/c1-5-26-17(24)13-10-20-16-14(13)15(21-11-22-16)12-6-8-23(9-7-12)18(25)27-19(2,3)4/h6,10-11H,5,7-9H2,1-4H3,(H,20,21,22). The molecule has 2 aromatic rings. The van der Waals surface area contributed by atoms with Crippen LogP contribution in [0.5, 0.6) is 0 Å². The molecule has 0 saturated heterocycles. The van der Waals surface area contributed by atoms with Crippen LogP contribution in [0.15, 0.2) is 18.6 Å². The second-order valence-electron chi connectivity index (χ2n) is 7.27. The van der Waals surface area contributed by atoms with Crippen molar-refractivity contribution in [3.8, 4) is 0 Å². The van der Waals surface area contributed by atoms with Crippen molar-refractivity contribution < 1.29 is 19.1 Å². The molecule has 0 fully saturated rings. The average Bonchev–Trinajstić information content (AvgIpc) is 3.05. The molecule has 3 rings (SSSR count). The Hall–Kier alpha value is -2.90. The molecule has 1 aliphatic rings. The Morgan fingerprint density at radius 3 is 2.70 bits per heavy atom. The van der Waals surface area contributed by atoms with Gasteiger partial charge in [0.05, 0.1) is 23.3 Å². The number of ether oxygens (including phenoxy) is 2. The molecule has 1 N–H and O–H groups in total. The number of esters is 1. The van der Waals surface area contributed by atoms with Crippen LogP contribution in [-0.4, -0.2) is 57.2 Å². The SMILES string of the molecule is CCOC(=O)c1c[nH]c2ncnc(C3=CCN(C(=O)OC(C)(C)C)CC3)c12. The zero-order chi connectivity index (χ0) is 19.6. The lowest BCUT2D eigenvalue weighted by atomic mass is 10.0. The van der Waals surface area contributed by atoms with Crippen molar-refractivity contribution in [3.63, 3.8) is 0 Å². The normalized spacial score (nSPS) is 14.8. The second kappa shape index (κ2) is 7.38. The number of amides is 1. The number of hydrogen-bond acceptors (Lipinski definition) is 6. The van der Waals surface area contributed by atoms with Gasteiger partial charge in [0.25, 0.3) is 0 Å². The lowest BCUT2D eigenvalue weighted by Crippen LogP contribution is -2.39. The molecule has 8 nitrogen and oxygen atoms in total. The molecule has 8 heteroatoms. The lowest BCUT2D eigenvalue weighted by molar-refractivity contribution is 0.0270. The van der Waals surface area contributed by atoms with Crippen molar-refractivity contribution in [2.75, 3.05) is 19.7 Å². The lowest BCUT2D eigenvalue weighted by Gasteiger charge is -2.29. The molecule has 0 unspecified atom stereocenters. The summed E-state index contributed by atoms with van der Waals surface area (Å²) in [5, 5.41) is 0.646. The predicted octanol–water partition coefficient (Wildman–Crippen LogP) is 3.16. The number of carbonyl (C=O) groups is 2. The van der Waals surface area contributed by atoms with Gasteiger partial charge in [-0.15, -0.1) is 0 Å². The molecular weight excluding hydrogens is 348 g/mol. The first-order valence-corrected chi connectivity index (χ1v) is 8.96. The molecule has 1 aliphatic heterocycles. The first kappa shape index (κ1) is 18.9. The summed E-state index contributed by atoms with van der Waals surface area (Å²) in [7, 11) is 0. The summed E-state index contributed by atoms with van der Waals surface area (Å²) >= 11 is 0.